The zero-order valence-electron chi connectivity index (χ0n) is 21.1. The highest BCUT2D eigenvalue weighted by atomic mass is 28.4. The van der Waals surface area contributed by atoms with Crippen LogP contribution in [0.15, 0.2) is 0 Å². The lowest BCUT2D eigenvalue weighted by atomic mass is 9.42. The van der Waals surface area contributed by atoms with Gasteiger partial charge in [-0.2, -0.15) is 0 Å². The highest BCUT2D eigenvalue weighted by Crippen LogP contribution is 2.64. The zero-order valence-corrected chi connectivity index (χ0v) is 22.1. The maximum Gasteiger partial charge on any atom is 0.192 e. The molecule has 0 saturated heterocycles. The topological polar surface area (TPSA) is 46.5 Å². The van der Waals surface area contributed by atoms with Gasteiger partial charge in [0, 0.05) is 11.8 Å². The number of aliphatic hydroxyl groups excluding tert-OH is 1. The minimum atomic E-state index is -1.97. The first kappa shape index (κ1) is 25.1. The lowest BCUT2D eigenvalue weighted by Gasteiger charge is -2.63. The predicted molar refractivity (Wildman–Crippen MR) is 124 cm³/mol. The molecule has 0 bridgehead atoms. The van der Waals surface area contributed by atoms with Gasteiger partial charge in [0.15, 0.2) is 8.32 Å². The number of Topliss-reactive ketones (excluding diaryl/α,β-unsaturated/α-hetero) is 1. The average Bonchev–Trinajstić information content (AvgIpc) is 2.54. The van der Waals surface area contributed by atoms with Gasteiger partial charge in [0.05, 0.1) is 12.2 Å². The number of hydrogen-bond acceptors (Lipinski definition) is 3. The summed E-state index contributed by atoms with van der Waals surface area (Å²) in [5.74, 6) is 1.31. The molecule has 29 heavy (non-hydrogen) atoms. The monoisotopic (exact) mass is 424 g/mol. The highest BCUT2D eigenvalue weighted by Gasteiger charge is 2.61. The molecule has 2 aliphatic carbocycles. The van der Waals surface area contributed by atoms with E-state index in [0.29, 0.717) is 30.5 Å². The van der Waals surface area contributed by atoms with Crippen LogP contribution in [0.3, 0.4) is 0 Å². The fourth-order valence-electron chi connectivity index (χ4n) is 6.27. The number of carbonyl (C=O) groups excluding carboxylic acids is 1. The Morgan fingerprint density at radius 3 is 2.21 bits per heavy atom. The van der Waals surface area contributed by atoms with Gasteiger partial charge < -0.3 is 9.53 Å². The van der Waals surface area contributed by atoms with E-state index in [-0.39, 0.29) is 33.5 Å². The van der Waals surface area contributed by atoms with E-state index >= 15 is 0 Å². The van der Waals surface area contributed by atoms with Crippen molar-refractivity contribution in [2.24, 2.45) is 28.1 Å². The summed E-state index contributed by atoms with van der Waals surface area (Å²) in [5.41, 5.74) is -0.0883. The van der Waals surface area contributed by atoms with E-state index in [1.807, 2.05) is 6.92 Å². The van der Waals surface area contributed by atoms with E-state index in [4.69, 9.17) is 4.43 Å². The van der Waals surface area contributed by atoms with Gasteiger partial charge in [0.1, 0.15) is 5.78 Å². The van der Waals surface area contributed by atoms with Crippen molar-refractivity contribution >= 4 is 14.1 Å². The molecule has 0 heterocycles. The van der Waals surface area contributed by atoms with Crippen LogP contribution in [0.25, 0.3) is 0 Å². The molecule has 4 heteroatoms. The maximum atomic E-state index is 12.7. The third-order valence-electron chi connectivity index (χ3n) is 9.76. The molecule has 1 N–H and O–H groups in total. The Bertz CT molecular complexity index is 618. The molecular weight excluding hydrogens is 376 g/mol. The minimum Gasteiger partial charge on any atom is -0.413 e. The van der Waals surface area contributed by atoms with Crippen LogP contribution in [0.2, 0.25) is 18.1 Å². The molecular formula is C25H48O3Si. The summed E-state index contributed by atoms with van der Waals surface area (Å²) in [6.45, 7) is 25.0. The van der Waals surface area contributed by atoms with Crippen molar-refractivity contribution in [3.63, 3.8) is 0 Å². The predicted octanol–water partition coefficient (Wildman–Crippen LogP) is 6.60. The van der Waals surface area contributed by atoms with E-state index in [2.05, 4.69) is 68.5 Å². The summed E-state index contributed by atoms with van der Waals surface area (Å²) in [5, 5.41) is 10.5. The average molecular weight is 425 g/mol. The molecule has 0 radical (unpaired) electrons. The highest BCUT2D eigenvalue weighted by molar-refractivity contribution is 6.74. The van der Waals surface area contributed by atoms with Gasteiger partial charge in [-0.25, -0.2) is 0 Å². The Labute approximate surface area is 181 Å². The first-order valence-electron chi connectivity index (χ1n) is 11.8. The summed E-state index contributed by atoms with van der Waals surface area (Å²) in [6, 6.07) is 0. The number of ketones is 1. The van der Waals surface area contributed by atoms with Crippen LogP contribution in [0, 0.1) is 28.1 Å². The van der Waals surface area contributed by atoms with Crippen LogP contribution in [-0.2, 0) is 9.22 Å². The van der Waals surface area contributed by atoms with Gasteiger partial charge in [-0.3, -0.25) is 4.79 Å². The van der Waals surface area contributed by atoms with E-state index in [0.717, 1.165) is 19.3 Å². The normalized spacial score (nSPS) is 37.7. The number of hydrogen-bond donors (Lipinski definition) is 1. The second-order valence-corrected chi connectivity index (χ2v) is 17.7. The molecule has 0 amide bonds. The van der Waals surface area contributed by atoms with Gasteiger partial charge >= 0.3 is 0 Å². The Morgan fingerprint density at radius 1 is 1.17 bits per heavy atom. The number of fused-ring (bicyclic) bond motifs is 1. The second-order valence-electron chi connectivity index (χ2n) is 12.9. The summed E-state index contributed by atoms with van der Waals surface area (Å²) < 4.78 is 7.04. The molecule has 2 saturated carbocycles. The van der Waals surface area contributed by atoms with Gasteiger partial charge in [0.2, 0.25) is 0 Å². The SMILES string of the molecule is CC(O)CC(O[Si](C)(C)C(C)(C)C)C1(C)CCC2C(C)(C)C(=O)CCC2(C)C1C. The van der Waals surface area contributed by atoms with Crippen molar-refractivity contribution in [2.75, 3.05) is 0 Å². The van der Waals surface area contributed by atoms with E-state index < -0.39 is 8.32 Å². The Hall–Kier alpha value is -0.193. The van der Waals surface area contributed by atoms with Crippen molar-refractivity contribution in [3.8, 4) is 0 Å². The van der Waals surface area contributed by atoms with Crippen LogP contribution < -0.4 is 0 Å². The Balaban J connectivity index is 2.43. The first-order chi connectivity index (χ1) is 12.9. The fourth-order valence-corrected chi connectivity index (χ4v) is 7.70. The third-order valence-corrected chi connectivity index (χ3v) is 14.2. The van der Waals surface area contributed by atoms with E-state index in [9.17, 15) is 9.90 Å². The smallest absolute Gasteiger partial charge is 0.192 e. The first-order valence-corrected chi connectivity index (χ1v) is 14.7. The Morgan fingerprint density at radius 2 is 1.72 bits per heavy atom. The van der Waals surface area contributed by atoms with Gasteiger partial charge in [-0.05, 0) is 73.4 Å². The maximum absolute atomic E-state index is 12.7. The largest absolute Gasteiger partial charge is 0.413 e. The van der Waals surface area contributed by atoms with Crippen molar-refractivity contribution in [1.29, 1.82) is 0 Å². The van der Waals surface area contributed by atoms with Crippen LogP contribution in [0.1, 0.15) is 94.4 Å². The molecule has 0 spiro atoms. The number of rotatable bonds is 5. The van der Waals surface area contributed by atoms with Gasteiger partial charge in [-0.1, -0.05) is 55.4 Å². The van der Waals surface area contributed by atoms with Crippen LogP contribution in [0.4, 0.5) is 0 Å². The molecule has 0 aromatic carbocycles. The second kappa shape index (κ2) is 7.74. The van der Waals surface area contributed by atoms with E-state index in [1.165, 1.54) is 0 Å². The number of carbonyl (C=O) groups is 1. The van der Waals surface area contributed by atoms with E-state index in [1.54, 1.807) is 0 Å². The molecule has 0 aliphatic heterocycles. The van der Waals surface area contributed by atoms with Crippen molar-refractivity contribution < 1.29 is 14.3 Å². The lowest BCUT2D eigenvalue weighted by molar-refractivity contribution is -0.170. The molecule has 0 aromatic heterocycles. The molecule has 2 aliphatic rings. The summed E-state index contributed by atoms with van der Waals surface area (Å²) >= 11 is 0. The molecule has 2 rings (SSSR count). The standard InChI is InChI=1S/C25H48O3Si/c1-17(26)16-21(28-29(10,11)22(3,4)5)25(9)14-12-19-23(6,7)20(27)13-15-24(19,8)18(25)2/h17-19,21,26H,12-16H2,1-11H3. The molecule has 2 fully saturated rings. The van der Waals surface area contributed by atoms with Crippen LogP contribution in [0.5, 0.6) is 0 Å². The molecule has 170 valence electrons. The summed E-state index contributed by atoms with van der Waals surface area (Å²) in [6.07, 6.45) is 4.20. The quantitative estimate of drug-likeness (QED) is 0.506. The lowest BCUT2D eigenvalue weighted by Crippen LogP contribution is -2.61. The summed E-state index contributed by atoms with van der Waals surface area (Å²) in [7, 11) is -1.97. The zero-order chi connectivity index (χ0) is 22.6. The molecule has 0 aromatic rings. The third kappa shape index (κ3) is 4.28. The fraction of sp³-hybridized carbons (Fsp3) is 0.960. The molecule has 3 nitrogen and oxygen atoms in total. The molecule has 6 atom stereocenters. The van der Waals surface area contributed by atoms with Crippen molar-refractivity contribution in [3.05, 3.63) is 0 Å². The van der Waals surface area contributed by atoms with Crippen LogP contribution >= 0.6 is 0 Å². The van der Waals surface area contributed by atoms with Gasteiger partial charge in [0.25, 0.3) is 0 Å². The molecule has 6 unspecified atom stereocenters. The minimum absolute atomic E-state index is 0.00816. The van der Waals surface area contributed by atoms with Crippen LogP contribution in [-0.4, -0.2) is 31.4 Å². The Kier molecular flexibility index (Phi) is 6.69. The van der Waals surface area contributed by atoms with Crippen molar-refractivity contribution in [1.82, 2.24) is 0 Å². The van der Waals surface area contributed by atoms with Crippen molar-refractivity contribution in [2.45, 2.75) is 125 Å². The number of aliphatic hydroxyl groups is 1. The van der Waals surface area contributed by atoms with Gasteiger partial charge in [-0.15, -0.1) is 0 Å². The summed E-state index contributed by atoms with van der Waals surface area (Å²) in [4.78, 5) is 12.7.